The van der Waals surface area contributed by atoms with Crippen molar-refractivity contribution in [2.45, 2.75) is 551 Å². The Morgan fingerprint density at radius 1 is 0.284 bits per heavy atom. The zero-order chi connectivity index (χ0) is 112. The highest BCUT2D eigenvalue weighted by Crippen LogP contribution is 2.68. The van der Waals surface area contributed by atoms with Crippen molar-refractivity contribution >= 4 is 57.1 Å². The van der Waals surface area contributed by atoms with E-state index >= 15 is 0 Å². The highest BCUT2D eigenvalue weighted by Gasteiger charge is 2.62. The molecule has 0 atom stereocenters. The largest absolute Gasteiger partial charge is 0.381 e. The van der Waals surface area contributed by atoms with Gasteiger partial charge < -0.3 is 20.1 Å². The fraction of sp³-hybridized carbons (Fsp3) is 0.984. The second-order valence-electron chi connectivity index (χ2n) is 67.7. The smallest absolute Gasteiger partial charge is 0.229 e. The first-order valence-corrected chi connectivity index (χ1v) is 62.4. The SMILES string of the molecule is CC(=O)N1CCC(C(C)(C)C)(C(C)(C)C)CS1.CC(C)(C)C1(C(C)(C)C)CCCC1.CC(C)(C)C1(C(C)(C)C)CCCCC1.CC(C)(C)C1(C(C)(C)C)CCCSC1.CC(C)(C)C1(C(C)(C)C)CCNCC1.CC(C)(C)C1(C(C)(C)C)CCOC1.CC(C)(C)C1(C(C)(C)C)CCOCC1.CC(C)(C)C1(C(C)(C)C)CCS(=O)(=O)C1.CC(C)(C)C1(C(C)(C)C)CCSC1.CC(C)(C)C1(C(C)(C)C)CNC(=O)C1. The minimum atomic E-state index is -2.82. The molecule has 8 saturated heterocycles. The maximum absolute atomic E-state index is 11.7. The monoisotopic (exact) mass is 2060 g/mol. The number of ether oxygens (including phenoxy) is 2. The summed E-state index contributed by atoms with van der Waals surface area (Å²) in [5, 5.41) is 6.47. The van der Waals surface area contributed by atoms with E-state index in [9.17, 15) is 18.0 Å². The summed E-state index contributed by atoms with van der Waals surface area (Å²) in [6.45, 7) is 151. The van der Waals surface area contributed by atoms with Gasteiger partial charge in [-0.05, 0) is 290 Å². The number of amides is 2. The fourth-order valence-corrected chi connectivity index (χ4v) is 40.4. The van der Waals surface area contributed by atoms with Crippen molar-refractivity contribution in [2.24, 2.45) is 162 Å². The summed E-state index contributed by atoms with van der Waals surface area (Å²) in [6.07, 6.45) is 26.0. The van der Waals surface area contributed by atoms with E-state index in [1.54, 1.807) is 18.9 Å². The molecule has 8 heterocycles. The van der Waals surface area contributed by atoms with Gasteiger partial charge in [0.15, 0.2) is 9.84 Å². The van der Waals surface area contributed by atoms with E-state index in [0.29, 0.717) is 132 Å². The van der Waals surface area contributed by atoms with Crippen molar-refractivity contribution in [1.82, 2.24) is 14.9 Å². The molecule has 2 N–H and O–H groups in total. The van der Waals surface area contributed by atoms with Gasteiger partial charge >= 0.3 is 0 Å². The number of thioether (sulfide) groups is 2. The lowest BCUT2D eigenvalue weighted by atomic mass is 9.49. The van der Waals surface area contributed by atoms with Crippen LogP contribution in [0.1, 0.15) is 551 Å². The zero-order valence-electron chi connectivity index (χ0n) is 107. The molecule has 8 aliphatic heterocycles. The van der Waals surface area contributed by atoms with Crippen LogP contribution in [0.2, 0.25) is 0 Å². The number of carbonyl (C=O) groups is 2. The van der Waals surface area contributed by atoms with Crippen molar-refractivity contribution in [3.8, 4) is 0 Å². The molecule has 0 aromatic heterocycles. The van der Waals surface area contributed by atoms with Crippen LogP contribution in [-0.4, -0.2) is 117 Å². The van der Waals surface area contributed by atoms with Crippen molar-refractivity contribution in [2.75, 3.05) is 92.9 Å². The lowest BCUT2D eigenvalue weighted by Crippen LogP contribution is -2.53. The van der Waals surface area contributed by atoms with Crippen LogP contribution in [0.3, 0.4) is 0 Å². The molecule has 9 nitrogen and oxygen atoms in total. The molecule has 13 heteroatoms. The lowest BCUT2D eigenvalue weighted by molar-refractivity contribution is -0.125. The van der Waals surface area contributed by atoms with E-state index in [1.165, 1.54) is 145 Å². The Morgan fingerprint density at radius 2 is 0.546 bits per heavy atom. The molecule has 141 heavy (non-hydrogen) atoms. The highest BCUT2D eigenvalue weighted by atomic mass is 32.2. The number of piperidine rings is 1. The molecule has 2 saturated carbocycles. The number of sulfone groups is 1. The summed E-state index contributed by atoms with van der Waals surface area (Å²) in [6, 6.07) is 0. The third-order valence-electron chi connectivity index (χ3n) is 41.9. The zero-order valence-corrected chi connectivity index (χ0v) is 111. The molecule has 10 rings (SSSR count). The van der Waals surface area contributed by atoms with Crippen LogP contribution in [0.4, 0.5) is 0 Å². The van der Waals surface area contributed by atoms with Gasteiger partial charge in [0, 0.05) is 62.8 Å². The van der Waals surface area contributed by atoms with Gasteiger partial charge in [-0.3, -0.25) is 13.9 Å². The summed E-state index contributed by atoms with van der Waals surface area (Å²) in [4.78, 5) is 22.9. The minimum Gasteiger partial charge on any atom is -0.381 e. The second-order valence-corrected chi connectivity index (χ2v) is 73.0. The fourth-order valence-electron chi connectivity index (χ4n) is 32.2. The number of rotatable bonds is 0. The standard InChI is InChI=1S/C14H27NOS.C14H28.C13H27N.C13H26O.C13H26S.C13H26.C12H23NO.C12H24O2S.C12H24O.C12H24S/c1-11(16)15-9-8-14(10-17-15,12(2,3)4)13(5,6)7;1-12(2,3)14(13(4,5)6)10-8-7-9-11-14;2*1-11(2,3)13(12(4,5)6)7-9-14-10-8-13;1-11(2,3)13(12(4,5)6)8-7-9-14-10-13;1-11(2,3)13(12(4,5)6)9-7-8-10-13;1-10(2,3)12(11(4,5)6)7-9(14)13-8-12;1-10(2,3)12(11(4,5)6)7-8-15(13,14)9-12;2*1-10(2,3)12(11(4,5)6)7-8-13-9-12/h8-10H2,1-7H3;7-11H2,1-6H3;14H,7-10H2,1-6H3;2*7-10H2,1-6H3;7-10H2,1-6H3;7-8H2,1-6H3,(H,13,14);7-9H2,1-6H3;2*7-9H2,1-6H3. The third-order valence-corrected chi connectivity index (χ3v) is 47.5. The predicted octanol–water partition coefficient (Wildman–Crippen LogP) is 38.7. The van der Waals surface area contributed by atoms with Crippen molar-refractivity contribution < 1.29 is 27.5 Å². The molecule has 0 bridgehead atoms. The van der Waals surface area contributed by atoms with E-state index < -0.39 is 9.84 Å². The van der Waals surface area contributed by atoms with Gasteiger partial charge in [-0.25, -0.2) is 8.42 Å². The minimum absolute atomic E-state index is 0.0365. The first kappa shape index (κ1) is 139. The molecule has 10 aliphatic rings. The van der Waals surface area contributed by atoms with Crippen molar-refractivity contribution in [3.05, 3.63) is 0 Å². The summed E-state index contributed by atoms with van der Waals surface area (Å²) < 4.78 is 36.5. The van der Waals surface area contributed by atoms with Gasteiger partial charge in [-0.15, -0.1) is 0 Å². The molecule has 10 fully saturated rings. The first-order valence-electron chi connectivity index (χ1n) is 57.4. The van der Waals surface area contributed by atoms with Crippen molar-refractivity contribution in [1.29, 1.82) is 0 Å². The molecule has 0 spiro atoms. The number of nitrogens with one attached hydrogen (secondary N) is 2. The lowest BCUT2D eigenvalue weighted by Gasteiger charge is -2.56. The molecule has 2 aliphatic carbocycles. The number of carbonyl (C=O) groups excluding carboxylic acids is 2. The average Bonchev–Trinajstić information content (AvgIpc) is 1.47. The van der Waals surface area contributed by atoms with Crippen LogP contribution in [0, 0.1) is 162 Å². The molecule has 2 amide bonds. The Labute approximate surface area is 899 Å². The Hall–Kier alpha value is -0.180. The highest BCUT2D eigenvalue weighted by molar-refractivity contribution is 7.99. The number of hydrogen-bond donors (Lipinski definition) is 2. The Balaban J connectivity index is 0.000000784. The van der Waals surface area contributed by atoms with Gasteiger partial charge in [-0.2, -0.15) is 23.5 Å². The normalized spacial score (nSPS) is 23.4. The molecule has 0 aromatic rings. The summed E-state index contributed by atoms with van der Waals surface area (Å²) in [5.74, 6) is 7.57. The van der Waals surface area contributed by atoms with Crippen LogP contribution in [0.15, 0.2) is 0 Å². The van der Waals surface area contributed by atoms with E-state index in [4.69, 9.17) is 9.47 Å². The summed E-state index contributed by atoms with van der Waals surface area (Å²) in [7, 11) is -2.82. The van der Waals surface area contributed by atoms with Crippen LogP contribution in [-0.2, 0) is 28.9 Å². The topological polar surface area (TPSA) is 114 Å². The average molecular weight is 2060 g/mol. The maximum Gasteiger partial charge on any atom is 0.229 e. The van der Waals surface area contributed by atoms with Gasteiger partial charge in [0.05, 0.1) is 18.1 Å². The molecule has 0 radical (unpaired) electrons. The van der Waals surface area contributed by atoms with E-state index in [0.717, 1.165) is 58.1 Å². The van der Waals surface area contributed by atoms with Gasteiger partial charge in [0.1, 0.15) is 0 Å². The van der Waals surface area contributed by atoms with Crippen LogP contribution >= 0.6 is 35.5 Å². The predicted molar refractivity (Wildman–Crippen MR) is 636 cm³/mol. The van der Waals surface area contributed by atoms with Gasteiger partial charge in [0.25, 0.3) is 0 Å². The van der Waals surface area contributed by atoms with E-state index in [1.807, 2.05) is 4.31 Å². The second kappa shape index (κ2) is 48.0. The summed E-state index contributed by atoms with van der Waals surface area (Å²) >= 11 is 6.01. The molecular formula is C128H255N3O6S4. The van der Waals surface area contributed by atoms with Crippen LogP contribution in [0.5, 0.6) is 0 Å². The quantitative estimate of drug-likeness (QED) is 0.227. The Bertz CT molecular complexity index is 3360. The number of hydrogen-bond acceptors (Lipinski definition) is 10. The van der Waals surface area contributed by atoms with E-state index in [-0.39, 0.29) is 60.5 Å². The molecule has 0 unspecified atom stereocenters. The Morgan fingerprint density at radius 3 is 0.723 bits per heavy atom. The molecule has 842 valence electrons. The van der Waals surface area contributed by atoms with Crippen LogP contribution in [0.25, 0.3) is 0 Å². The van der Waals surface area contributed by atoms with Gasteiger partial charge in [0.2, 0.25) is 11.8 Å². The molecule has 0 aromatic carbocycles. The third kappa shape index (κ3) is 32.3. The van der Waals surface area contributed by atoms with Gasteiger partial charge in [-0.1, -0.05) is 448 Å². The van der Waals surface area contributed by atoms with Crippen LogP contribution < -0.4 is 10.6 Å². The molecular weight excluding hydrogens is 1800 g/mol. The Kier molecular flexibility index (Phi) is 47.3. The maximum atomic E-state index is 11.7. The van der Waals surface area contributed by atoms with E-state index in [2.05, 4.69) is 450 Å². The number of nitrogens with zero attached hydrogens (tertiary/aromatic N) is 1. The van der Waals surface area contributed by atoms with Crippen molar-refractivity contribution in [3.63, 3.8) is 0 Å². The first-order chi connectivity index (χ1) is 62.0. The summed E-state index contributed by atoms with van der Waals surface area (Å²) in [5.41, 5.74) is 10.4.